The number of rotatable bonds is 4. The monoisotopic (exact) mass is 236 g/mol. The van der Waals surface area contributed by atoms with Crippen LogP contribution in [-0.2, 0) is 6.54 Å². The first kappa shape index (κ1) is 11.8. The molecule has 0 aliphatic carbocycles. The highest BCUT2D eigenvalue weighted by molar-refractivity contribution is 7.99. The Balaban J connectivity index is 1.73. The number of nitrogen functional groups attached to an aromatic ring is 1. The smallest absolute Gasteiger partial charge is 0.0359 e. The van der Waals surface area contributed by atoms with Crippen molar-refractivity contribution in [2.75, 3.05) is 18.0 Å². The standard InChI is InChI=1S/C13H20N2S/c14-13-7-2-1-5-11(13)9-15-10-12-6-3-4-8-16-12/h1-2,5,7,12,15H,3-4,6,8-10,14H2. The van der Waals surface area contributed by atoms with Gasteiger partial charge in [0, 0.05) is 24.0 Å². The van der Waals surface area contributed by atoms with Crippen LogP contribution in [0.15, 0.2) is 24.3 Å². The Kier molecular flexibility index (Phi) is 4.55. The molecule has 0 bridgehead atoms. The first-order valence-corrected chi connectivity index (χ1v) is 7.07. The van der Waals surface area contributed by atoms with Crippen molar-refractivity contribution >= 4 is 17.4 Å². The molecule has 2 rings (SSSR count). The topological polar surface area (TPSA) is 38.0 Å². The van der Waals surface area contributed by atoms with Crippen molar-refractivity contribution in [3.63, 3.8) is 0 Å². The van der Waals surface area contributed by atoms with E-state index in [1.54, 1.807) is 0 Å². The fourth-order valence-electron chi connectivity index (χ4n) is 2.03. The molecule has 3 N–H and O–H groups in total. The van der Waals surface area contributed by atoms with E-state index in [4.69, 9.17) is 5.73 Å². The molecule has 0 aromatic heterocycles. The SMILES string of the molecule is Nc1ccccc1CNCC1CCCCS1. The molecule has 88 valence electrons. The predicted octanol–water partition coefficient (Wildman–Crippen LogP) is 2.64. The predicted molar refractivity (Wildman–Crippen MR) is 72.7 cm³/mol. The first-order valence-electron chi connectivity index (χ1n) is 6.02. The normalized spacial score (nSPS) is 20.9. The van der Waals surface area contributed by atoms with Crippen molar-refractivity contribution < 1.29 is 0 Å². The molecule has 1 aromatic rings. The summed E-state index contributed by atoms with van der Waals surface area (Å²) in [5.74, 6) is 1.33. The zero-order valence-corrected chi connectivity index (χ0v) is 10.4. The summed E-state index contributed by atoms with van der Waals surface area (Å²) in [7, 11) is 0. The number of anilines is 1. The Hall–Kier alpha value is -0.670. The average molecular weight is 236 g/mol. The fraction of sp³-hybridized carbons (Fsp3) is 0.538. The van der Waals surface area contributed by atoms with Gasteiger partial charge < -0.3 is 11.1 Å². The van der Waals surface area contributed by atoms with Gasteiger partial charge in [0.15, 0.2) is 0 Å². The van der Waals surface area contributed by atoms with Gasteiger partial charge in [-0.1, -0.05) is 24.6 Å². The van der Waals surface area contributed by atoms with Crippen LogP contribution in [0.1, 0.15) is 24.8 Å². The Morgan fingerprint density at radius 2 is 2.19 bits per heavy atom. The van der Waals surface area contributed by atoms with E-state index in [9.17, 15) is 0 Å². The lowest BCUT2D eigenvalue weighted by molar-refractivity contribution is 0.598. The van der Waals surface area contributed by atoms with Crippen LogP contribution >= 0.6 is 11.8 Å². The summed E-state index contributed by atoms with van der Waals surface area (Å²) in [6.07, 6.45) is 4.15. The van der Waals surface area contributed by atoms with Crippen molar-refractivity contribution in [2.24, 2.45) is 0 Å². The van der Waals surface area contributed by atoms with Crippen molar-refractivity contribution in [3.05, 3.63) is 29.8 Å². The molecular formula is C13H20N2S. The number of hydrogen-bond acceptors (Lipinski definition) is 3. The van der Waals surface area contributed by atoms with Gasteiger partial charge in [-0.3, -0.25) is 0 Å². The summed E-state index contributed by atoms with van der Waals surface area (Å²) >= 11 is 2.11. The van der Waals surface area contributed by atoms with Crippen LogP contribution in [0.3, 0.4) is 0 Å². The highest BCUT2D eigenvalue weighted by Gasteiger charge is 2.12. The Bertz CT molecular complexity index is 321. The van der Waals surface area contributed by atoms with Crippen molar-refractivity contribution in [2.45, 2.75) is 31.1 Å². The summed E-state index contributed by atoms with van der Waals surface area (Å²) in [4.78, 5) is 0. The molecule has 3 heteroatoms. The molecule has 0 spiro atoms. The second kappa shape index (κ2) is 6.16. The van der Waals surface area contributed by atoms with E-state index in [0.29, 0.717) is 0 Å². The van der Waals surface area contributed by atoms with Gasteiger partial charge >= 0.3 is 0 Å². The highest BCUT2D eigenvalue weighted by Crippen LogP contribution is 2.24. The first-order chi connectivity index (χ1) is 7.86. The Morgan fingerprint density at radius 3 is 2.94 bits per heavy atom. The number of thioether (sulfide) groups is 1. The minimum atomic E-state index is 0.804. The molecule has 1 unspecified atom stereocenters. The quantitative estimate of drug-likeness (QED) is 0.789. The lowest BCUT2D eigenvalue weighted by Gasteiger charge is -2.21. The van der Waals surface area contributed by atoms with Crippen LogP contribution in [0.25, 0.3) is 0 Å². The third-order valence-electron chi connectivity index (χ3n) is 3.02. The number of para-hydroxylation sites is 1. The molecule has 1 aliphatic heterocycles. The third-order valence-corrected chi connectivity index (χ3v) is 4.41. The van der Waals surface area contributed by atoms with Crippen LogP contribution in [0, 0.1) is 0 Å². The van der Waals surface area contributed by atoms with Crippen molar-refractivity contribution in [1.82, 2.24) is 5.32 Å². The molecule has 1 saturated heterocycles. The van der Waals surface area contributed by atoms with Crippen molar-refractivity contribution in [3.8, 4) is 0 Å². The molecule has 2 nitrogen and oxygen atoms in total. The van der Waals surface area contributed by atoms with Gasteiger partial charge in [0.1, 0.15) is 0 Å². The Morgan fingerprint density at radius 1 is 1.31 bits per heavy atom. The molecule has 1 heterocycles. The summed E-state index contributed by atoms with van der Waals surface area (Å²) < 4.78 is 0. The van der Waals surface area contributed by atoms with E-state index in [0.717, 1.165) is 24.0 Å². The van der Waals surface area contributed by atoms with Gasteiger partial charge in [-0.05, 0) is 30.2 Å². The van der Waals surface area contributed by atoms with E-state index in [-0.39, 0.29) is 0 Å². The average Bonchev–Trinajstić information content (AvgIpc) is 2.33. The summed E-state index contributed by atoms with van der Waals surface area (Å²) in [5.41, 5.74) is 8.00. The van der Waals surface area contributed by atoms with Crippen LogP contribution in [0.5, 0.6) is 0 Å². The van der Waals surface area contributed by atoms with Gasteiger partial charge in [-0.25, -0.2) is 0 Å². The zero-order chi connectivity index (χ0) is 11.2. The summed E-state index contributed by atoms with van der Waals surface area (Å²) in [6.45, 7) is 2.00. The van der Waals surface area contributed by atoms with Gasteiger partial charge in [-0.15, -0.1) is 0 Å². The van der Waals surface area contributed by atoms with Gasteiger partial charge in [-0.2, -0.15) is 11.8 Å². The van der Waals surface area contributed by atoms with E-state index in [2.05, 4.69) is 23.1 Å². The second-order valence-corrected chi connectivity index (χ2v) is 5.73. The van der Waals surface area contributed by atoms with Gasteiger partial charge in [0.25, 0.3) is 0 Å². The molecule has 0 amide bonds. The molecule has 0 radical (unpaired) electrons. The lowest BCUT2D eigenvalue weighted by atomic mass is 10.1. The third kappa shape index (κ3) is 3.42. The lowest BCUT2D eigenvalue weighted by Crippen LogP contribution is -2.26. The number of hydrogen-bond donors (Lipinski definition) is 2. The van der Waals surface area contributed by atoms with E-state index < -0.39 is 0 Å². The van der Waals surface area contributed by atoms with E-state index >= 15 is 0 Å². The minimum absolute atomic E-state index is 0.804. The number of benzene rings is 1. The van der Waals surface area contributed by atoms with Crippen molar-refractivity contribution in [1.29, 1.82) is 0 Å². The summed E-state index contributed by atoms with van der Waals surface area (Å²) in [5, 5.41) is 4.32. The van der Waals surface area contributed by atoms with Crippen LogP contribution < -0.4 is 11.1 Å². The van der Waals surface area contributed by atoms with Gasteiger partial charge in [0.2, 0.25) is 0 Å². The van der Waals surface area contributed by atoms with Crippen LogP contribution in [0.2, 0.25) is 0 Å². The minimum Gasteiger partial charge on any atom is -0.398 e. The largest absolute Gasteiger partial charge is 0.398 e. The highest BCUT2D eigenvalue weighted by atomic mass is 32.2. The van der Waals surface area contributed by atoms with Crippen LogP contribution in [0.4, 0.5) is 5.69 Å². The van der Waals surface area contributed by atoms with E-state index in [1.807, 2.05) is 18.2 Å². The number of nitrogens with two attached hydrogens (primary N) is 1. The molecule has 16 heavy (non-hydrogen) atoms. The Labute approximate surface area is 102 Å². The maximum absolute atomic E-state index is 5.89. The van der Waals surface area contributed by atoms with Crippen LogP contribution in [-0.4, -0.2) is 17.5 Å². The molecular weight excluding hydrogens is 216 g/mol. The number of nitrogens with one attached hydrogen (secondary N) is 1. The molecule has 1 fully saturated rings. The molecule has 1 aromatic carbocycles. The molecule has 1 aliphatic rings. The molecule has 0 saturated carbocycles. The van der Waals surface area contributed by atoms with Gasteiger partial charge in [0.05, 0.1) is 0 Å². The summed E-state index contributed by atoms with van der Waals surface area (Å²) in [6, 6.07) is 8.08. The molecule has 1 atom stereocenters. The zero-order valence-electron chi connectivity index (χ0n) is 9.61. The fourth-order valence-corrected chi connectivity index (χ4v) is 3.30. The van der Waals surface area contributed by atoms with E-state index in [1.165, 1.54) is 30.6 Å². The second-order valence-electron chi connectivity index (χ2n) is 4.32. The maximum Gasteiger partial charge on any atom is 0.0359 e. The maximum atomic E-state index is 5.89.